The molecular weight excluding hydrogens is 201 g/mol. The summed E-state index contributed by atoms with van der Waals surface area (Å²) < 4.78 is 36.2. The average Bonchev–Trinajstić information content (AvgIpc) is 2.32. The molecule has 0 saturated heterocycles. The maximum atomic E-state index is 12.1. The fraction of sp³-hybridized carbons (Fsp3) is 0.571. The zero-order valence-electron chi connectivity index (χ0n) is 6.93. The summed E-state index contributed by atoms with van der Waals surface area (Å²) in [6.45, 7) is 1.74. The predicted octanol–water partition coefficient (Wildman–Crippen LogP) is 2.05. The summed E-state index contributed by atoms with van der Waals surface area (Å²) in [5.74, 6) is 0. The van der Waals surface area contributed by atoms with E-state index >= 15 is 0 Å². The van der Waals surface area contributed by atoms with Gasteiger partial charge in [0.15, 0.2) is 5.01 Å². The van der Waals surface area contributed by atoms with Crippen LogP contribution in [0.1, 0.15) is 16.8 Å². The molecule has 2 nitrogen and oxygen atoms in total. The lowest BCUT2D eigenvalue weighted by Crippen LogP contribution is -2.16. The monoisotopic (exact) mass is 210 g/mol. The van der Waals surface area contributed by atoms with Gasteiger partial charge in [-0.2, -0.15) is 13.2 Å². The molecule has 1 aromatic heterocycles. The molecule has 0 radical (unpaired) electrons. The number of alkyl halides is 3. The lowest BCUT2D eigenvalue weighted by molar-refractivity contribution is -0.137. The molecule has 2 N–H and O–H groups in total. The smallest absolute Gasteiger partial charge is 0.328 e. The van der Waals surface area contributed by atoms with Crippen molar-refractivity contribution < 1.29 is 13.2 Å². The number of hydrogen-bond donors (Lipinski definition) is 1. The number of rotatable bonds is 2. The average molecular weight is 210 g/mol. The summed E-state index contributed by atoms with van der Waals surface area (Å²) in [6.07, 6.45) is -2.66. The number of aromatic nitrogens is 1. The molecule has 6 heteroatoms. The Morgan fingerprint density at radius 1 is 1.62 bits per heavy atom. The fourth-order valence-electron chi connectivity index (χ4n) is 0.850. The SMILES string of the molecule is CC(N)Cc1cnc(C(F)(F)F)s1. The molecule has 0 aliphatic rings. The Morgan fingerprint density at radius 3 is 2.62 bits per heavy atom. The van der Waals surface area contributed by atoms with E-state index in [4.69, 9.17) is 5.73 Å². The summed E-state index contributed by atoms with van der Waals surface area (Å²) in [5.41, 5.74) is 5.44. The molecule has 74 valence electrons. The van der Waals surface area contributed by atoms with Gasteiger partial charge in [0, 0.05) is 17.1 Å². The van der Waals surface area contributed by atoms with Crippen LogP contribution in [0, 0.1) is 0 Å². The van der Waals surface area contributed by atoms with E-state index in [0.29, 0.717) is 22.6 Å². The Balaban J connectivity index is 2.75. The van der Waals surface area contributed by atoms with Crippen LogP contribution in [-0.4, -0.2) is 11.0 Å². The Bertz CT molecular complexity index is 280. The molecule has 0 amide bonds. The van der Waals surface area contributed by atoms with E-state index < -0.39 is 11.2 Å². The summed E-state index contributed by atoms with van der Waals surface area (Å²) in [4.78, 5) is 3.85. The van der Waals surface area contributed by atoms with Gasteiger partial charge in [-0.1, -0.05) is 0 Å². The molecule has 1 atom stereocenters. The van der Waals surface area contributed by atoms with Crippen molar-refractivity contribution in [3.8, 4) is 0 Å². The van der Waals surface area contributed by atoms with Crippen LogP contribution in [0.25, 0.3) is 0 Å². The van der Waals surface area contributed by atoms with Gasteiger partial charge in [-0.25, -0.2) is 4.98 Å². The van der Waals surface area contributed by atoms with Crippen LogP contribution in [-0.2, 0) is 12.6 Å². The van der Waals surface area contributed by atoms with E-state index in [-0.39, 0.29) is 6.04 Å². The third-order valence-corrected chi connectivity index (χ3v) is 2.38. The standard InChI is InChI=1S/C7H9F3N2S/c1-4(11)2-5-3-12-6(13-5)7(8,9)10/h3-4H,2,11H2,1H3. The van der Waals surface area contributed by atoms with Crippen molar-refractivity contribution in [1.29, 1.82) is 0 Å². The third-order valence-electron chi connectivity index (χ3n) is 1.32. The summed E-state index contributed by atoms with van der Waals surface area (Å²) >= 11 is 0.652. The van der Waals surface area contributed by atoms with Crippen molar-refractivity contribution in [1.82, 2.24) is 4.98 Å². The van der Waals surface area contributed by atoms with Crippen LogP contribution in [0.3, 0.4) is 0 Å². The van der Waals surface area contributed by atoms with Gasteiger partial charge in [0.2, 0.25) is 0 Å². The molecule has 0 saturated carbocycles. The maximum absolute atomic E-state index is 12.1. The maximum Gasteiger partial charge on any atom is 0.443 e. The number of thiazole rings is 1. The Hall–Kier alpha value is -0.620. The molecule has 0 aromatic carbocycles. The molecule has 0 fully saturated rings. The van der Waals surface area contributed by atoms with Crippen molar-refractivity contribution >= 4 is 11.3 Å². The van der Waals surface area contributed by atoms with Gasteiger partial charge in [0.05, 0.1) is 0 Å². The first kappa shape index (κ1) is 10.5. The Morgan fingerprint density at radius 2 is 2.23 bits per heavy atom. The normalized spacial score (nSPS) is 14.5. The van der Waals surface area contributed by atoms with Crippen LogP contribution in [0.4, 0.5) is 13.2 Å². The van der Waals surface area contributed by atoms with Crippen molar-refractivity contribution in [2.45, 2.75) is 25.6 Å². The van der Waals surface area contributed by atoms with Gasteiger partial charge in [-0.05, 0) is 13.3 Å². The van der Waals surface area contributed by atoms with Crippen LogP contribution in [0.15, 0.2) is 6.20 Å². The minimum atomic E-state index is -4.33. The van der Waals surface area contributed by atoms with E-state index in [1.54, 1.807) is 6.92 Å². The molecular formula is C7H9F3N2S. The zero-order chi connectivity index (χ0) is 10.1. The van der Waals surface area contributed by atoms with E-state index in [2.05, 4.69) is 4.98 Å². The largest absolute Gasteiger partial charge is 0.443 e. The predicted molar refractivity (Wildman–Crippen MR) is 44.5 cm³/mol. The Labute approximate surface area is 77.6 Å². The highest BCUT2D eigenvalue weighted by molar-refractivity contribution is 7.11. The van der Waals surface area contributed by atoms with Crippen LogP contribution >= 0.6 is 11.3 Å². The minimum Gasteiger partial charge on any atom is -0.328 e. The van der Waals surface area contributed by atoms with Crippen LogP contribution in [0.2, 0.25) is 0 Å². The van der Waals surface area contributed by atoms with E-state index in [1.807, 2.05) is 0 Å². The lowest BCUT2D eigenvalue weighted by Gasteiger charge is -2.00. The zero-order valence-corrected chi connectivity index (χ0v) is 7.75. The first-order chi connectivity index (χ1) is 5.89. The highest BCUT2D eigenvalue weighted by Crippen LogP contribution is 2.32. The topological polar surface area (TPSA) is 38.9 Å². The number of nitrogens with two attached hydrogens (primary N) is 1. The van der Waals surface area contributed by atoms with Gasteiger partial charge < -0.3 is 5.73 Å². The highest BCUT2D eigenvalue weighted by atomic mass is 32.1. The number of halogens is 3. The van der Waals surface area contributed by atoms with E-state index in [9.17, 15) is 13.2 Å². The number of nitrogens with zero attached hydrogens (tertiary/aromatic N) is 1. The lowest BCUT2D eigenvalue weighted by atomic mass is 10.2. The van der Waals surface area contributed by atoms with Gasteiger partial charge >= 0.3 is 6.18 Å². The molecule has 1 unspecified atom stereocenters. The second kappa shape index (κ2) is 3.63. The second-order valence-electron chi connectivity index (χ2n) is 2.81. The molecule has 13 heavy (non-hydrogen) atoms. The molecule has 0 bridgehead atoms. The van der Waals surface area contributed by atoms with Gasteiger partial charge in [-0.3, -0.25) is 0 Å². The quantitative estimate of drug-likeness (QED) is 0.811. The third kappa shape index (κ3) is 2.96. The first-order valence-electron chi connectivity index (χ1n) is 3.67. The fourth-order valence-corrected chi connectivity index (χ4v) is 1.77. The van der Waals surface area contributed by atoms with Crippen molar-refractivity contribution in [3.05, 3.63) is 16.1 Å². The van der Waals surface area contributed by atoms with Crippen LogP contribution in [0.5, 0.6) is 0 Å². The first-order valence-corrected chi connectivity index (χ1v) is 4.48. The molecule has 1 rings (SSSR count). The molecule has 0 aliphatic heterocycles. The van der Waals surface area contributed by atoms with Gasteiger partial charge in [0.1, 0.15) is 0 Å². The molecule has 1 heterocycles. The van der Waals surface area contributed by atoms with E-state index in [1.165, 1.54) is 6.20 Å². The van der Waals surface area contributed by atoms with Crippen molar-refractivity contribution in [2.75, 3.05) is 0 Å². The van der Waals surface area contributed by atoms with E-state index in [0.717, 1.165) is 0 Å². The number of hydrogen-bond acceptors (Lipinski definition) is 3. The molecule has 1 aromatic rings. The summed E-state index contributed by atoms with van der Waals surface area (Å²) in [6, 6.07) is -0.137. The Kier molecular flexibility index (Phi) is 2.92. The summed E-state index contributed by atoms with van der Waals surface area (Å²) in [7, 11) is 0. The molecule has 0 spiro atoms. The van der Waals surface area contributed by atoms with Crippen LogP contribution < -0.4 is 5.73 Å². The highest BCUT2D eigenvalue weighted by Gasteiger charge is 2.34. The van der Waals surface area contributed by atoms with Crippen molar-refractivity contribution in [2.24, 2.45) is 5.73 Å². The van der Waals surface area contributed by atoms with Gasteiger partial charge in [-0.15, -0.1) is 11.3 Å². The minimum absolute atomic E-state index is 0.137. The van der Waals surface area contributed by atoms with Crippen molar-refractivity contribution in [3.63, 3.8) is 0 Å². The summed E-state index contributed by atoms with van der Waals surface area (Å²) in [5, 5.41) is -0.803. The molecule has 0 aliphatic carbocycles. The van der Waals surface area contributed by atoms with Gasteiger partial charge in [0.25, 0.3) is 0 Å². The second-order valence-corrected chi connectivity index (χ2v) is 3.93.